The molecule has 2 heterocycles. The quantitative estimate of drug-likeness (QED) is 0.764. The van der Waals surface area contributed by atoms with E-state index in [0.29, 0.717) is 6.61 Å². The van der Waals surface area contributed by atoms with Crippen LogP contribution in [0.15, 0.2) is 59.8 Å². The van der Waals surface area contributed by atoms with Gasteiger partial charge in [0.1, 0.15) is 5.75 Å². The number of para-hydroxylation sites is 2. The summed E-state index contributed by atoms with van der Waals surface area (Å²) in [5.41, 5.74) is 4.49. The highest BCUT2D eigenvalue weighted by Crippen LogP contribution is 2.40. The average Bonchev–Trinajstić information content (AvgIpc) is 2.98. The van der Waals surface area contributed by atoms with Crippen molar-refractivity contribution in [2.75, 3.05) is 11.9 Å². The highest BCUT2D eigenvalue weighted by molar-refractivity contribution is 5.97. The Bertz CT molecular complexity index is 1030. The van der Waals surface area contributed by atoms with Crippen molar-refractivity contribution < 1.29 is 9.53 Å². The number of aromatic nitrogens is 2. The molecule has 1 aliphatic heterocycles. The molecule has 0 bridgehead atoms. The molecule has 0 amide bonds. The number of nitrogens with one attached hydrogen (secondary N) is 1. The van der Waals surface area contributed by atoms with Crippen LogP contribution in [0.5, 0.6) is 5.75 Å². The number of imidazole rings is 1. The molecule has 132 valence electrons. The lowest BCUT2D eigenvalue weighted by Crippen LogP contribution is -2.27. The normalized spacial score (nSPS) is 16.3. The number of fused-ring (bicyclic) bond motifs is 3. The molecule has 0 aliphatic carbocycles. The van der Waals surface area contributed by atoms with Gasteiger partial charge in [-0.1, -0.05) is 24.3 Å². The zero-order chi connectivity index (χ0) is 18.3. The molecule has 0 radical (unpaired) electrons. The van der Waals surface area contributed by atoms with Gasteiger partial charge in [0.2, 0.25) is 5.95 Å². The van der Waals surface area contributed by atoms with E-state index in [1.54, 1.807) is 6.92 Å². The van der Waals surface area contributed by atoms with Gasteiger partial charge in [-0.2, -0.15) is 0 Å². The van der Waals surface area contributed by atoms with Crippen molar-refractivity contribution in [3.63, 3.8) is 0 Å². The van der Waals surface area contributed by atoms with Gasteiger partial charge in [-0.25, -0.2) is 4.98 Å². The minimum Gasteiger partial charge on any atom is -0.494 e. The number of hydrogen-bond acceptors (Lipinski definition) is 4. The Labute approximate surface area is 152 Å². The second-order valence-corrected chi connectivity index (χ2v) is 6.42. The highest BCUT2D eigenvalue weighted by Gasteiger charge is 2.32. The van der Waals surface area contributed by atoms with Crippen LogP contribution in [0, 0.1) is 0 Å². The minimum atomic E-state index is -0.239. The molecule has 1 N–H and O–H groups in total. The summed E-state index contributed by atoms with van der Waals surface area (Å²) in [6, 6.07) is 15.7. The second kappa shape index (κ2) is 6.33. The van der Waals surface area contributed by atoms with Crippen molar-refractivity contribution in [3.8, 4) is 5.75 Å². The maximum atomic E-state index is 12.5. The lowest BCUT2D eigenvalue weighted by Gasteiger charge is -2.30. The Morgan fingerprint density at radius 2 is 2.04 bits per heavy atom. The number of ketones is 1. The maximum absolute atomic E-state index is 12.5. The standard InChI is InChI=1S/C21H21N3O2/c1-4-26-16-9-7-8-15(12-16)20-19(14(3)25)13(2)22-21-23-17-10-5-6-11-18(17)24(20)21/h5-12,20H,4H2,1-3H3,(H,22,23)/t20-/m1/s1. The van der Waals surface area contributed by atoms with Crippen molar-refractivity contribution in [1.29, 1.82) is 0 Å². The van der Waals surface area contributed by atoms with Crippen LogP contribution >= 0.6 is 0 Å². The van der Waals surface area contributed by atoms with Crippen LogP contribution in [-0.4, -0.2) is 21.9 Å². The Balaban J connectivity index is 1.98. The summed E-state index contributed by atoms with van der Waals surface area (Å²) < 4.78 is 7.78. The highest BCUT2D eigenvalue weighted by atomic mass is 16.5. The predicted octanol–water partition coefficient (Wildman–Crippen LogP) is 4.31. The largest absolute Gasteiger partial charge is 0.494 e. The molecule has 5 nitrogen and oxygen atoms in total. The van der Waals surface area contributed by atoms with Gasteiger partial charge in [0, 0.05) is 11.3 Å². The number of carbonyl (C=O) groups excluding carboxylic acids is 1. The van der Waals surface area contributed by atoms with Gasteiger partial charge < -0.3 is 10.1 Å². The molecule has 1 atom stereocenters. The Kier molecular flexibility index (Phi) is 3.99. The lowest BCUT2D eigenvalue weighted by molar-refractivity contribution is -0.114. The fraction of sp³-hybridized carbons (Fsp3) is 0.238. The zero-order valence-corrected chi connectivity index (χ0v) is 15.1. The van der Waals surface area contributed by atoms with Crippen molar-refractivity contribution in [1.82, 2.24) is 9.55 Å². The molecule has 3 aromatic rings. The summed E-state index contributed by atoms with van der Waals surface area (Å²) in [5, 5.41) is 3.30. The fourth-order valence-electron chi connectivity index (χ4n) is 3.68. The first kappa shape index (κ1) is 16.4. The van der Waals surface area contributed by atoms with E-state index in [0.717, 1.165) is 39.6 Å². The van der Waals surface area contributed by atoms with E-state index in [-0.39, 0.29) is 11.8 Å². The third-order valence-corrected chi connectivity index (χ3v) is 4.69. The van der Waals surface area contributed by atoms with Crippen LogP contribution in [0.2, 0.25) is 0 Å². The Morgan fingerprint density at radius 1 is 1.23 bits per heavy atom. The Morgan fingerprint density at radius 3 is 2.81 bits per heavy atom. The third kappa shape index (κ3) is 2.56. The number of allylic oxidation sites excluding steroid dienone is 2. The van der Waals surface area contributed by atoms with E-state index in [1.807, 2.05) is 62.4 Å². The monoisotopic (exact) mass is 347 g/mol. The molecular formula is C21H21N3O2. The van der Waals surface area contributed by atoms with Gasteiger partial charge in [-0.3, -0.25) is 9.36 Å². The second-order valence-electron chi connectivity index (χ2n) is 6.42. The average molecular weight is 347 g/mol. The number of hydrogen-bond donors (Lipinski definition) is 1. The van der Waals surface area contributed by atoms with Gasteiger partial charge in [0.15, 0.2) is 5.78 Å². The molecule has 0 fully saturated rings. The lowest BCUT2D eigenvalue weighted by atomic mass is 9.92. The first-order valence-electron chi connectivity index (χ1n) is 8.78. The van der Waals surface area contributed by atoms with Crippen LogP contribution in [0.25, 0.3) is 11.0 Å². The van der Waals surface area contributed by atoms with Crippen molar-refractivity contribution in [2.24, 2.45) is 0 Å². The number of benzene rings is 2. The molecule has 26 heavy (non-hydrogen) atoms. The van der Waals surface area contributed by atoms with E-state index in [4.69, 9.17) is 9.72 Å². The number of nitrogens with zero attached hydrogens (tertiary/aromatic N) is 2. The van der Waals surface area contributed by atoms with Gasteiger partial charge in [0.05, 0.1) is 23.7 Å². The van der Waals surface area contributed by atoms with Crippen LogP contribution in [-0.2, 0) is 4.79 Å². The summed E-state index contributed by atoms with van der Waals surface area (Å²) in [6.07, 6.45) is 0. The zero-order valence-electron chi connectivity index (χ0n) is 15.1. The summed E-state index contributed by atoms with van der Waals surface area (Å²) >= 11 is 0. The van der Waals surface area contributed by atoms with E-state index in [9.17, 15) is 4.79 Å². The number of carbonyl (C=O) groups is 1. The summed E-state index contributed by atoms with van der Waals surface area (Å²) in [5.74, 6) is 1.60. The molecule has 0 spiro atoms. The Hall–Kier alpha value is -3.08. The molecule has 5 heteroatoms. The number of rotatable bonds is 4. The topological polar surface area (TPSA) is 56.1 Å². The summed E-state index contributed by atoms with van der Waals surface area (Å²) in [4.78, 5) is 17.2. The molecule has 4 rings (SSSR count). The number of anilines is 1. The van der Waals surface area contributed by atoms with E-state index >= 15 is 0 Å². The molecule has 0 unspecified atom stereocenters. The number of ether oxygens (including phenoxy) is 1. The fourth-order valence-corrected chi connectivity index (χ4v) is 3.68. The maximum Gasteiger partial charge on any atom is 0.209 e. The summed E-state index contributed by atoms with van der Waals surface area (Å²) in [6.45, 7) is 6.11. The van der Waals surface area contributed by atoms with Gasteiger partial charge in [-0.15, -0.1) is 0 Å². The number of Topliss-reactive ketones (excluding diaryl/α,β-unsaturated/α-hetero) is 1. The van der Waals surface area contributed by atoms with E-state index < -0.39 is 0 Å². The molecule has 0 saturated heterocycles. The van der Waals surface area contributed by atoms with Gasteiger partial charge >= 0.3 is 0 Å². The first-order valence-corrected chi connectivity index (χ1v) is 8.78. The molecule has 1 aromatic heterocycles. The van der Waals surface area contributed by atoms with Crippen LogP contribution in [0.3, 0.4) is 0 Å². The molecule has 1 aliphatic rings. The molecule has 2 aromatic carbocycles. The van der Waals surface area contributed by atoms with Gasteiger partial charge in [0.25, 0.3) is 0 Å². The van der Waals surface area contributed by atoms with Crippen LogP contribution < -0.4 is 10.1 Å². The SMILES string of the molecule is CCOc1cccc([C@@H]2C(C(C)=O)=C(C)Nc3nc4ccccc4n32)c1. The third-order valence-electron chi connectivity index (χ3n) is 4.69. The minimum absolute atomic E-state index is 0.0465. The smallest absolute Gasteiger partial charge is 0.209 e. The summed E-state index contributed by atoms with van der Waals surface area (Å²) in [7, 11) is 0. The van der Waals surface area contributed by atoms with Crippen LogP contribution in [0.1, 0.15) is 32.4 Å². The van der Waals surface area contributed by atoms with Crippen molar-refractivity contribution in [3.05, 3.63) is 65.4 Å². The van der Waals surface area contributed by atoms with Crippen molar-refractivity contribution >= 4 is 22.8 Å². The van der Waals surface area contributed by atoms with E-state index in [2.05, 4.69) is 9.88 Å². The molecular weight excluding hydrogens is 326 g/mol. The van der Waals surface area contributed by atoms with Crippen LogP contribution in [0.4, 0.5) is 5.95 Å². The molecule has 0 saturated carbocycles. The first-order chi connectivity index (χ1) is 12.6. The van der Waals surface area contributed by atoms with E-state index in [1.165, 1.54) is 0 Å². The van der Waals surface area contributed by atoms with Crippen molar-refractivity contribution in [2.45, 2.75) is 26.8 Å². The predicted molar refractivity (Wildman–Crippen MR) is 102 cm³/mol. The van der Waals surface area contributed by atoms with Gasteiger partial charge in [-0.05, 0) is 50.6 Å².